The van der Waals surface area contributed by atoms with Gasteiger partial charge >= 0.3 is 6.09 Å². The molecule has 11 nitrogen and oxygen atoms in total. The van der Waals surface area contributed by atoms with E-state index in [0.29, 0.717) is 18.1 Å². The molecule has 0 bridgehead atoms. The highest BCUT2D eigenvalue weighted by atomic mass is 16.5. The van der Waals surface area contributed by atoms with E-state index in [1.165, 1.54) is 13.5 Å². The highest BCUT2D eigenvalue weighted by Crippen LogP contribution is 2.39. The standard InChI is InChI=1S/C39H43N7O4/c1-24(2)35(45-39(48)49-3)38(47)46-20-8-12-33(46)37-42-23-32(44-37)27-17-18-29(34(21-27)50-28-9-5-4-6-10-28)25-13-15-26(16-14-25)31-22-41-36(43-31)30-11-7-19-40-30/h4-6,9-10,13-18,21-24,30,33,35,40H,7-8,11-12,19-20H2,1-3H3,(H,41,43)(H,42,44)(H,45,48)/t30-,33-,35-/m0/s1. The van der Waals surface area contributed by atoms with Crippen molar-refractivity contribution >= 4 is 12.0 Å². The summed E-state index contributed by atoms with van der Waals surface area (Å²) >= 11 is 0. The molecule has 5 aromatic rings. The van der Waals surface area contributed by atoms with Crippen LogP contribution in [-0.2, 0) is 9.53 Å². The number of aromatic nitrogens is 4. The first-order valence-electron chi connectivity index (χ1n) is 17.3. The highest BCUT2D eigenvalue weighted by Gasteiger charge is 2.37. The fraction of sp³-hybridized carbons (Fsp3) is 0.333. The molecule has 3 aromatic carbocycles. The number of hydrogen-bond donors (Lipinski definition) is 4. The maximum atomic E-state index is 13.6. The van der Waals surface area contributed by atoms with Crippen LogP contribution in [-0.4, -0.2) is 63.1 Å². The summed E-state index contributed by atoms with van der Waals surface area (Å²) < 4.78 is 11.3. The predicted molar refractivity (Wildman–Crippen MR) is 191 cm³/mol. The Kier molecular flexibility index (Phi) is 9.66. The number of para-hydroxylation sites is 1. The van der Waals surface area contributed by atoms with E-state index in [1.54, 1.807) is 6.20 Å². The maximum Gasteiger partial charge on any atom is 0.407 e. The lowest BCUT2D eigenvalue weighted by Crippen LogP contribution is -2.51. The van der Waals surface area contributed by atoms with Crippen LogP contribution < -0.4 is 15.4 Å². The van der Waals surface area contributed by atoms with Crippen molar-refractivity contribution in [2.75, 3.05) is 20.2 Å². The fourth-order valence-corrected chi connectivity index (χ4v) is 6.88. The normalized spacial score (nSPS) is 18.0. The van der Waals surface area contributed by atoms with Gasteiger partial charge in [-0.3, -0.25) is 4.79 Å². The van der Waals surface area contributed by atoms with E-state index < -0.39 is 12.1 Å². The molecule has 2 amide bonds. The van der Waals surface area contributed by atoms with E-state index in [0.717, 1.165) is 71.0 Å². The molecule has 4 N–H and O–H groups in total. The van der Waals surface area contributed by atoms with Gasteiger partial charge < -0.3 is 35.0 Å². The molecule has 258 valence electrons. The number of methoxy groups -OCH3 is 1. The van der Waals surface area contributed by atoms with Crippen LogP contribution in [0.4, 0.5) is 4.79 Å². The van der Waals surface area contributed by atoms with Crippen molar-refractivity contribution in [3.8, 4) is 45.1 Å². The van der Waals surface area contributed by atoms with Crippen molar-refractivity contribution in [2.24, 2.45) is 5.92 Å². The number of aromatic amines is 2. The Bertz CT molecular complexity index is 1930. The number of alkyl carbamates (subject to hydrolysis) is 1. The third-order valence-corrected chi connectivity index (χ3v) is 9.59. The van der Waals surface area contributed by atoms with Crippen molar-refractivity contribution < 1.29 is 19.1 Å². The third-order valence-electron chi connectivity index (χ3n) is 9.59. The Morgan fingerprint density at radius 1 is 0.860 bits per heavy atom. The number of H-pyrrole nitrogens is 2. The molecule has 11 heteroatoms. The number of carbonyl (C=O) groups is 2. The topological polar surface area (TPSA) is 137 Å². The summed E-state index contributed by atoms with van der Waals surface area (Å²) in [6, 6.07) is 23.7. The molecule has 2 aliphatic rings. The Morgan fingerprint density at radius 3 is 2.28 bits per heavy atom. The lowest BCUT2D eigenvalue weighted by molar-refractivity contribution is -0.135. The zero-order valence-electron chi connectivity index (χ0n) is 28.6. The molecule has 0 aliphatic carbocycles. The average molecular weight is 674 g/mol. The van der Waals surface area contributed by atoms with Gasteiger partial charge in [-0.15, -0.1) is 0 Å². The number of nitrogens with zero attached hydrogens (tertiary/aromatic N) is 3. The number of amides is 2. The zero-order valence-corrected chi connectivity index (χ0v) is 28.6. The van der Waals surface area contributed by atoms with Gasteiger partial charge in [-0.05, 0) is 73.5 Å². The van der Waals surface area contributed by atoms with Crippen LogP contribution in [0.25, 0.3) is 33.6 Å². The molecule has 2 saturated heterocycles. The summed E-state index contributed by atoms with van der Waals surface area (Å²) in [6.45, 7) is 5.43. The van der Waals surface area contributed by atoms with E-state index in [1.807, 2.05) is 61.3 Å². The number of likely N-dealkylation sites (tertiary alicyclic amines) is 1. The summed E-state index contributed by atoms with van der Waals surface area (Å²) in [6.07, 6.45) is 6.97. The summed E-state index contributed by atoms with van der Waals surface area (Å²) in [5, 5.41) is 6.21. The van der Waals surface area contributed by atoms with Crippen LogP contribution in [0.5, 0.6) is 11.5 Å². The van der Waals surface area contributed by atoms with Crippen molar-refractivity contribution in [3.63, 3.8) is 0 Å². The van der Waals surface area contributed by atoms with Gasteiger partial charge in [0.1, 0.15) is 29.2 Å². The smallest absolute Gasteiger partial charge is 0.407 e. The zero-order chi connectivity index (χ0) is 34.6. The number of benzene rings is 3. The molecular formula is C39H43N7O4. The minimum absolute atomic E-state index is 0.106. The van der Waals surface area contributed by atoms with E-state index in [9.17, 15) is 9.59 Å². The number of imidazole rings is 2. The highest BCUT2D eigenvalue weighted by molar-refractivity contribution is 5.86. The van der Waals surface area contributed by atoms with Crippen molar-refractivity contribution in [2.45, 2.75) is 57.7 Å². The minimum atomic E-state index is -0.692. The van der Waals surface area contributed by atoms with Gasteiger partial charge in [-0.2, -0.15) is 0 Å². The average Bonchev–Trinajstić information content (AvgIpc) is 3.98. The van der Waals surface area contributed by atoms with E-state index >= 15 is 0 Å². The molecule has 0 unspecified atom stereocenters. The second-order valence-electron chi connectivity index (χ2n) is 13.3. The van der Waals surface area contributed by atoms with Crippen LogP contribution in [0.15, 0.2) is 85.2 Å². The summed E-state index contributed by atoms with van der Waals surface area (Å²) in [5.41, 5.74) is 5.76. The lowest BCUT2D eigenvalue weighted by Gasteiger charge is -2.30. The molecule has 2 aromatic heterocycles. The minimum Gasteiger partial charge on any atom is -0.457 e. The first-order valence-corrected chi connectivity index (χ1v) is 17.3. The first-order chi connectivity index (χ1) is 24.4. The first kappa shape index (κ1) is 33.1. The number of carbonyl (C=O) groups excluding carboxylic acids is 2. The van der Waals surface area contributed by atoms with Crippen LogP contribution in [0, 0.1) is 5.92 Å². The summed E-state index contributed by atoms with van der Waals surface area (Å²) in [7, 11) is 1.30. The second kappa shape index (κ2) is 14.6. The number of rotatable bonds is 10. The van der Waals surface area contributed by atoms with Gasteiger partial charge in [0.15, 0.2) is 0 Å². The largest absolute Gasteiger partial charge is 0.457 e. The van der Waals surface area contributed by atoms with Gasteiger partial charge in [0.2, 0.25) is 5.91 Å². The van der Waals surface area contributed by atoms with Gasteiger partial charge in [0.05, 0.1) is 43.0 Å². The van der Waals surface area contributed by atoms with Crippen LogP contribution in [0.3, 0.4) is 0 Å². The van der Waals surface area contributed by atoms with Crippen molar-refractivity contribution in [1.29, 1.82) is 0 Å². The van der Waals surface area contributed by atoms with Gasteiger partial charge in [-0.25, -0.2) is 14.8 Å². The molecule has 4 heterocycles. The number of hydrogen-bond acceptors (Lipinski definition) is 7. The van der Waals surface area contributed by atoms with Crippen LogP contribution >= 0.6 is 0 Å². The molecule has 0 radical (unpaired) electrons. The molecule has 0 saturated carbocycles. The van der Waals surface area contributed by atoms with Crippen molar-refractivity contribution in [3.05, 3.63) is 96.8 Å². The molecule has 3 atom stereocenters. The lowest BCUT2D eigenvalue weighted by atomic mass is 10.00. The van der Waals surface area contributed by atoms with E-state index in [4.69, 9.17) is 14.5 Å². The quantitative estimate of drug-likeness (QED) is 0.121. The monoisotopic (exact) mass is 673 g/mol. The Hall–Kier alpha value is -5.42. The van der Waals surface area contributed by atoms with E-state index in [-0.39, 0.29) is 23.9 Å². The van der Waals surface area contributed by atoms with Crippen molar-refractivity contribution in [1.82, 2.24) is 35.5 Å². The summed E-state index contributed by atoms with van der Waals surface area (Å²) in [5.74, 6) is 2.89. The van der Waals surface area contributed by atoms with Crippen LogP contribution in [0.2, 0.25) is 0 Å². The number of nitrogens with one attached hydrogen (secondary N) is 4. The molecule has 7 rings (SSSR count). The molecular weight excluding hydrogens is 630 g/mol. The SMILES string of the molecule is COC(=O)N[C@H](C(=O)N1CCC[C@H]1c1ncc(-c2ccc(-c3ccc(-c4cnc([C@@H]5CCCN5)[nH]4)cc3)c(Oc3ccccc3)c2)[nH]1)C(C)C. The van der Waals surface area contributed by atoms with Gasteiger partial charge in [0.25, 0.3) is 0 Å². The number of ether oxygens (including phenoxy) is 2. The van der Waals surface area contributed by atoms with Crippen LogP contribution in [0.1, 0.15) is 63.3 Å². The molecule has 2 fully saturated rings. The Morgan fingerprint density at radius 2 is 1.56 bits per heavy atom. The van der Waals surface area contributed by atoms with Gasteiger partial charge in [0, 0.05) is 17.7 Å². The summed E-state index contributed by atoms with van der Waals surface area (Å²) in [4.78, 5) is 43.8. The Labute approximate surface area is 291 Å². The predicted octanol–water partition coefficient (Wildman–Crippen LogP) is 7.39. The van der Waals surface area contributed by atoms with Gasteiger partial charge in [-0.1, -0.05) is 62.4 Å². The fourth-order valence-electron chi connectivity index (χ4n) is 6.88. The Balaban J connectivity index is 1.15. The third kappa shape index (κ3) is 7.00. The molecule has 0 spiro atoms. The second-order valence-corrected chi connectivity index (χ2v) is 13.3. The van der Waals surface area contributed by atoms with E-state index in [2.05, 4.69) is 62.0 Å². The maximum absolute atomic E-state index is 13.6. The molecule has 50 heavy (non-hydrogen) atoms. The molecule has 2 aliphatic heterocycles.